The van der Waals surface area contributed by atoms with Gasteiger partial charge in [0, 0.05) is 6.42 Å². The fraction of sp³-hybridized carbons (Fsp3) is 0.368. The molecule has 4 amide bonds. The van der Waals surface area contributed by atoms with Crippen molar-refractivity contribution in [3.63, 3.8) is 0 Å². The zero-order chi connectivity index (χ0) is 25.1. The number of carboxylic acid groups (broad SMARTS) is 2. The Labute approximate surface area is 187 Å². The molecule has 3 unspecified atom stereocenters. The summed E-state index contributed by atoms with van der Waals surface area (Å²) in [7, 11) is 0. The van der Waals surface area contributed by atoms with Crippen LogP contribution >= 0.6 is 0 Å². The summed E-state index contributed by atoms with van der Waals surface area (Å²) in [5.41, 5.74) is 10.8. The van der Waals surface area contributed by atoms with Crippen molar-refractivity contribution in [3.05, 3.63) is 29.8 Å². The maximum Gasteiger partial charge on any atom is 0.326 e. The quantitative estimate of drug-likeness (QED) is 0.144. The maximum atomic E-state index is 12.5. The third-order valence-corrected chi connectivity index (χ3v) is 4.20. The first-order valence-corrected chi connectivity index (χ1v) is 9.52. The zero-order valence-electron chi connectivity index (χ0n) is 17.3. The molecular formula is C19H25N5O9. The summed E-state index contributed by atoms with van der Waals surface area (Å²) >= 11 is 0. The summed E-state index contributed by atoms with van der Waals surface area (Å²) in [6, 6.07) is 1.14. The Bertz CT molecular complexity index is 903. The molecule has 0 fully saturated rings. The van der Waals surface area contributed by atoms with Crippen LogP contribution in [0.15, 0.2) is 24.3 Å². The van der Waals surface area contributed by atoms with Crippen LogP contribution in [0.2, 0.25) is 0 Å². The Morgan fingerprint density at radius 3 is 2.00 bits per heavy atom. The Kier molecular flexibility index (Phi) is 10.3. The molecule has 33 heavy (non-hydrogen) atoms. The summed E-state index contributed by atoms with van der Waals surface area (Å²) in [6.07, 6.45) is -1.50. The minimum Gasteiger partial charge on any atom is -0.508 e. The highest BCUT2D eigenvalue weighted by molar-refractivity contribution is 5.95. The van der Waals surface area contributed by atoms with Gasteiger partial charge in [0.2, 0.25) is 23.6 Å². The Hall–Kier alpha value is -4.20. The highest BCUT2D eigenvalue weighted by Crippen LogP contribution is 2.11. The van der Waals surface area contributed by atoms with E-state index < -0.39 is 73.1 Å². The van der Waals surface area contributed by atoms with Crippen LogP contribution in [0.1, 0.15) is 18.4 Å². The van der Waals surface area contributed by atoms with Crippen molar-refractivity contribution in [2.75, 3.05) is 6.54 Å². The maximum absolute atomic E-state index is 12.5. The van der Waals surface area contributed by atoms with Crippen molar-refractivity contribution < 1.29 is 44.1 Å². The summed E-state index contributed by atoms with van der Waals surface area (Å²) in [6.45, 7) is -0.690. The van der Waals surface area contributed by atoms with Gasteiger partial charge in [0.05, 0.1) is 25.4 Å². The number of amides is 4. The number of aliphatic carboxylic acids is 2. The Balaban J connectivity index is 2.77. The van der Waals surface area contributed by atoms with Crippen molar-refractivity contribution in [2.45, 2.75) is 37.4 Å². The predicted molar refractivity (Wildman–Crippen MR) is 110 cm³/mol. The second-order valence-corrected chi connectivity index (χ2v) is 6.98. The number of hydrogen-bond acceptors (Lipinski definition) is 8. The first-order chi connectivity index (χ1) is 15.4. The van der Waals surface area contributed by atoms with E-state index in [9.17, 15) is 39.0 Å². The second kappa shape index (κ2) is 12.6. The van der Waals surface area contributed by atoms with Crippen LogP contribution in [-0.4, -0.2) is 75.6 Å². The number of nitrogens with one attached hydrogen (secondary N) is 3. The van der Waals surface area contributed by atoms with Gasteiger partial charge in [0.1, 0.15) is 17.8 Å². The van der Waals surface area contributed by atoms with Crippen molar-refractivity contribution in [2.24, 2.45) is 11.5 Å². The third kappa shape index (κ3) is 10.1. The van der Waals surface area contributed by atoms with Crippen LogP contribution < -0.4 is 27.4 Å². The van der Waals surface area contributed by atoms with Crippen LogP contribution in [0.4, 0.5) is 0 Å². The number of benzene rings is 1. The van der Waals surface area contributed by atoms with E-state index in [0.717, 1.165) is 0 Å². The van der Waals surface area contributed by atoms with E-state index in [0.29, 0.717) is 5.56 Å². The zero-order valence-corrected chi connectivity index (χ0v) is 17.3. The first-order valence-electron chi connectivity index (χ1n) is 9.52. The fourth-order valence-electron chi connectivity index (χ4n) is 2.58. The number of hydrogen-bond donors (Lipinski definition) is 8. The van der Waals surface area contributed by atoms with Gasteiger partial charge in [-0.25, -0.2) is 4.79 Å². The van der Waals surface area contributed by atoms with Gasteiger partial charge in [-0.05, 0) is 17.7 Å². The van der Waals surface area contributed by atoms with Crippen LogP contribution in [0.5, 0.6) is 5.75 Å². The number of nitrogens with two attached hydrogens (primary N) is 2. The molecule has 1 aromatic carbocycles. The van der Waals surface area contributed by atoms with E-state index in [1.54, 1.807) is 0 Å². The number of aromatic hydroxyl groups is 1. The monoisotopic (exact) mass is 467 g/mol. The van der Waals surface area contributed by atoms with Gasteiger partial charge in [0.15, 0.2) is 0 Å². The SMILES string of the molecule is NC(=O)CC(N)C(=O)NCC(=O)NC(CC(=O)O)C(=O)NC(Cc1ccc(O)cc1)C(=O)O. The fourth-order valence-corrected chi connectivity index (χ4v) is 2.58. The minimum atomic E-state index is -1.65. The lowest BCUT2D eigenvalue weighted by molar-refractivity contribution is -0.143. The summed E-state index contributed by atoms with van der Waals surface area (Å²) in [5, 5.41) is 34.1. The Morgan fingerprint density at radius 1 is 0.879 bits per heavy atom. The average molecular weight is 467 g/mol. The summed E-state index contributed by atoms with van der Waals surface area (Å²) in [4.78, 5) is 69.7. The lowest BCUT2D eigenvalue weighted by Gasteiger charge is -2.21. The number of carboxylic acids is 2. The molecule has 180 valence electrons. The van der Waals surface area contributed by atoms with Gasteiger partial charge >= 0.3 is 11.9 Å². The lowest BCUT2D eigenvalue weighted by Crippen LogP contribution is -2.54. The van der Waals surface area contributed by atoms with E-state index in [1.807, 2.05) is 0 Å². The molecule has 0 saturated heterocycles. The molecule has 0 aromatic heterocycles. The van der Waals surface area contributed by atoms with E-state index in [1.165, 1.54) is 24.3 Å². The van der Waals surface area contributed by atoms with Crippen LogP contribution in [0.3, 0.4) is 0 Å². The number of rotatable bonds is 13. The molecule has 0 radical (unpaired) electrons. The van der Waals surface area contributed by atoms with Crippen molar-refractivity contribution in [1.29, 1.82) is 0 Å². The summed E-state index contributed by atoms with van der Waals surface area (Å²) in [5.74, 6) is -6.64. The van der Waals surface area contributed by atoms with Gasteiger partial charge < -0.3 is 42.7 Å². The molecule has 14 nitrogen and oxygen atoms in total. The van der Waals surface area contributed by atoms with Crippen LogP contribution in [0.25, 0.3) is 0 Å². The number of carbonyl (C=O) groups is 6. The highest BCUT2D eigenvalue weighted by Gasteiger charge is 2.28. The molecule has 10 N–H and O–H groups in total. The largest absolute Gasteiger partial charge is 0.508 e. The van der Waals surface area contributed by atoms with Gasteiger partial charge in [-0.2, -0.15) is 0 Å². The summed E-state index contributed by atoms with van der Waals surface area (Å²) < 4.78 is 0. The molecular weight excluding hydrogens is 442 g/mol. The van der Waals surface area contributed by atoms with Gasteiger partial charge in [-0.3, -0.25) is 24.0 Å². The van der Waals surface area contributed by atoms with Gasteiger partial charge in [-0.15, -0.1) is 0 Å². The third-order valence-electron chi connectivity index (χ3n) is 4.20. The topological polar surface area (TPSA) is 251 Å². The molecule has 0 aliphatic heterocycles. The van der Waals surface area contributed by atoms with Crippen LogP contribution in [-0.2, 0) is 35.2 Å². The number of primary amides is 1. The van der Waals surface area contributed by atoms with Gasteiger partial charge in [0.25, 0.3) is 0 Å². The molecule has 0 saturated carbocycles. The average Bonchev–Trinajstić information content (AvgIpc) is 2.71. The molecule has 14 heteroatoms. The highest BCUT2D eigenvalue weighted by atomic mass is 16.4. The van der Waals surface area contributed by atoms with E-state index in [4.69, 9.17) is 16.6 Å². The standard InChI is InChI=1S/C19H25N5O9/c20-11(6-14(21)26)17(30)22-8-15(27)23-12(7-16(28)29)18(31)24-13(19(32)33)5-9-1-3-10(25)4-2-9/h1-4,11-13,25H,5-8,20H2,(H2,21,26)(H,22,30)(H,23,27)(H,24,31)(H,28,29)(H,32,33). The van der Waals surface area contributed by atoms with E-state index in [2.05, 4.69) is 16.0 Å². The molecule has 3 atom stereocenters. The predicted octanol–water partition coefficient (Wildman–Crippen LogP) is -3.22. The number of phenols is 1. The molecule has 0 aliphatic rings. The van der Waals surface area contributed by atoms with Crippen molar-refractivity contribution in [1.82, 2.24) is 16.0 Å². The minimum absolute atomic E-state index is 0.0402. The Morgan fingerprint density at radius 2 is 1.48 bits per heavy atom. The molecule has 0 aliphatic carbocycles. The molecule has 1 aromatic rings. The van der Waals surface area contributed by atoms with Crippen molar-refractivity contribution in [3.8, 4) is 5.75 Å². The second-order valence-electron chi connectivity index (χ2n) is 6.98. The molecule has 0 spiro atoms. The normalized spacial score (nSPS) is 13.1. The smallest absolute Gasteiger partial charge is 0.326 e. The number of phenolic OH excluding ortho intramolecular Hbond substituents is 1. The molecule has 0 heterocycles. The molecule has 0 bridgehead atoms. The number of carbonyl (C=O) groups excluding carboxylic acids is 4. The van der Waals surface area contributed by atoms with E-state index >= 15 is 0 Å². The lowest BCUT2D eigenvalue weighted by atomic mass is 10.0. The molecule has 1 rings (SSSR count). The van der Waals surface area contributed by atoms with E-state index in [-0.39, 0.29) is 12.2 Å². The first kappa shape index (κ1) is 26.8. The van der Waals surface area contributed by atoms with Crippen LogP contribution in [0, 0.1) is 0 Å². The van der Waals surface area contributed by atoms with Crippen molar-refractivity contribution >= 4 is 35.6 Å². The van der Waals surface area contributed by atoms with Gasteiger partial charge in [-0.1, -0.05) is 12.1 Å².